The highest BCUT2D eigenvalue weighted by Crippen LogP contribution is 2.27. The van der Waals surface area contributed by atoms with Crippen molar-refractivity contribution in [2.75, 3.05) is 7.05 Å². The third kappa shape index (κ3) is 1.77. The molecule has 3 N–H and O–H groups in total. The Hall–Kier alpha value is -0.160. The Morgan fingerprint density at radius 1 is 1.58 bits per heavy atom. The minimum Gasteiger partial charge on any atom is -0.388 e. The zero-order valence-electron chi connectivity index (χ0n) is 7.74. The van der Waals surface area contributed by atoms with Crippen LogP contribution in [0.2, 0.25) is 0 Å². The summed E-state index contributed by atoms with van der Waals surface area (Å²) >= 11 is 0. The Kier molecular flexibility index (Phi) is 2.73. The van der Waals surface area contributed by atoms with Crippen molar-refractivity contribution in [3.8, 4) is 0 Å². The molecule has 0 unspecified atom stereocenters. The van der Waals surface area contributed by atoms with Crippen molar-refractivity contribution < 1.29 is 14.9 Å². The maximum atomic E-state index is 9.87. The molecular weight excluding hydrogens is 158 g/mol. The Bertz CT molecular complexity index is 160. The average molecular weight is 175 g/mol. The molecule has 1 aliphatic heterocycles. The summed E-state index contributed by atoms with van der Waals surface area (Å²) in [6, 6.07) is -0.124. The van der Waals surface area contributed by atoms with Gasteiger partial charge in [-0.05, 0) is 20.9 Å². The number of rotatable bonds is 1. The zero-order valence-corrected chi connectivity index (χ0v) is 7.74. The van der Waals surface area contributed by atoms with E-state index in [1.165, 1.54) is 0 Å². The maximum absolute atomic E-state index is 9.87. The van der Waals surface area contributed by atoms with E-state index in [1.54, 1.807) is 14.0 Å². The van der Waals surface area contributed by atoms with Crippen molar-refractivity contribution in [1.82, 2.24) is 5.32 Å². The highest BCUT2D eigenvalue weighted by atomic mass is 16.6. The van der Waals surface area contributed by atoms with E-state index in [-0.39, 0.29) is 18.6 Å². The third-order valence-corrected chi connectivity index (χ3v) is 2.41. The van der Waals surface area contributed by atoms with Crippen molar-refractivity contribution in [3.63, 3.8) is 0 Å². The van der Waals surface area contributed by atoms with E-state index in [0.717, 1.165) is 0 Å². The quantitative estimate of drug-likeness (QED) is 0.500. The number of aliphatic hydroxyl groups is 2. The molecule has 72 valence electrons. The van der Waals surface area contributed by atoms with Crippen molar-refractivity contribution >= 4 is 0 Å². The van der Waals surface area contributed by atoms with E-state index in [2.05, 4.69) is 5.32 Å². The van der Waals surface area contributed by atoms with Crippen LogP contribution in [-0.4, -0.2) is 41.3 Å². The third-order valence-electron chi connectivity index (χ3n) is 2.41. The fourth-order valence-corrected chi connectivity index (χ4v) is 1.91. The predicted octanol–water partition coefficient (Wildman–Crippen LogP) is -0.547. The summed E-state index contributed by atoms with van der Waals surface area (Å²) in [6.45, 7) is 3.54. The molecule has 0 aliphatic carbocycles. The summed E-state index contributed by atoms with van der Waals surface area (Å²) in [5.41, 5.74) is -0.897. The van der Waals surface area contributed by atoms with Gasteiger partial charge in [-0.15, -0.1) is 0 Å². The average Bonchev–Trinajstić information content (AvgIpc) is 1.82. The van der Waals surface area contributed by atoms with Crippen LogP contribution in [0.1, 0.15) is 20.3 Å². The predicted molar refractivity (Wildman–Crippen MR) is 44.6 cm³/mol. The molecule has 1 aliphatic rings. The van der Waals surface area contributed by atoms with Crippen LogP contribution in [0.15, 0.2) is 0 Å². The fourth-order valence-electron chi connectivity index (χ4n) is 1.91. The van der Waals surface area contributed by atoms with E-state index < -0.39 is 11.9 Å². The Labute approximate surface area is 72.5 Å². The van der Waals surface area contributed by atoms with Gasteiger partial charge in [-0.2, -0.15) is 0 Å². The van der Waals surface area contributed by atoms with E-state index >= 15 is 0 Å². The molecule has 1 heterocycles. The van der Waals surface area contributed by atoms with Crippen LogP contribution in [-0.2, 0) is 4.74 Å². The molecule has 0 aromatic heterocycles. The first kappa shape index (κ1) is 9.92. The molecule has 0 amide bonds. The maximum Gasteiger partial charge on any atom is 0.157 e. The normalized spacial score (nSPS) is 49.2. The molecule has 4 atom stereocenters. The second kappa shape index (κ2) is 3.30. The van der Waals surface area contributed by atoms with E-state index in [9.17, 15) is 10.2 Å². The van der Waals surface area contributed by atoms with Gasteiger partial charge in [0.25, 0.3) is 0 Å². The molecule has 0 radical (unpaired) electrons. The molecule has 1 saturated heterocycles. The molecule has 12 heavy (non-hydrogen) atoms. The molecule has 0 aromatic carbocycles. The molecule has 0 saturated carbocycles. The van der Waals surface area contributed by atoms with Gasteiger partial charge in [-0.1, -0.05) is 0 Å². The molecular formula is C8H17NO3. The van der Waals surface area contributed by atoms with Crippen LogP contribution in [0.25, 0.3) is 0 Å². The van der Waals surface area contributed by atoms with Gasteiger partial charge >= 0.3 is 0 Å². The van der Waals surface area contributed by atoms with Crippen molar-refractivity contribution in [1.29, 1.82) is 0 Å². The minimum absolute atomic E-state index is 0.124. The van der Waals surface area contributed by atoms with Gasteiger partial charge in [0.2, 0.25) is 0 Å². The summed E-state index contributed by atoms with van der Waals surface area (Å²) in [4.78, 5) is 0. The van der Waals surface area contributed by atoms with E-state index in [0.29, 0.717) is 0 Å². The Balaban J connectivity index is 2.71. The van der Waals surface area contributed by atoms with Crippen molar-refractivity contribution in [3.05, 3.63) is 0 Å². The summed E-state index contributed by atoms with van der Waals surface area (Å²) in [5.74, 6) is 0. The summed E-state index contributed by atoms with van der Waals surface area (Å²) in [6.07, 6.45) is -0.767. The molecule has 0 spiro atoms. The number of hydrogen-bond acceptors (Lipinski definition) is 4. The molecule has 1 rings (SSSR count). The molecule has 1 fully saturated rings. The second-order valence-electron chi connectivity index (χ2n) is 3.62. The Morgan fingerprint density at radius 3 is 2.58 bits per heavy atom. The Morgan fingerprint density at radius 2 is 2.17 bits per heavy atom. The van der Waals surface area contributed by atoms with Crippen LogP contribution >= 0.6 is 0 Å². The topological polar surface area (TPSA) is 61.7 Å². The summed E-state index contributed by atoms with van der Waals surface area (Å²) < 4.78 is 5.16. The van der Waals surface area contributed by atoms with Gasteiger partial charge in [0.05, 0.1) is 17.7 Å². The summed E-state index contributed by atoms with van der Waals surface area (Å²) in [5, 5.41) is 22.1. The van der Waals surface area contributed by atoms with Crippen molar-refractivity contribution in [2.24, 2.45) is 0 Å². The van der Waals surface area contributed by atoms with E-state index in [4.69, 9.17) is 4.74 Å². The van der Waals surface area contributed by atoms with Crippen LogP contribution in [0, 0.1) is 0 Å². The van der Waals surface area contributed by atoms with Gasteiger partial charge < -0.3 is 20.3 Å². The summed E-state index contributed by atoms with van der Waals surface area (Å²) in [7, 11) is 1.77. The smallest absolute Gasteiger partial charge is 0.157 e. The van der Waals surface area contributed by atoms with E-state index in [1.807, 2.05) is 6.92 Å². The van der Waals surface area contributed by atoms with Crippen LogP contribution in [0.5, 0.6) is 0 Å². The first-order valence-corrected chi connectivity index (χ1v) is 4.20. The lowest BCUT2D eigenvalue weighted by Crippen LogP contribution is -2.60. The monoisotopic (exact) mass is 175 g/mol. The number of ether oxygens (including phenoxy) is 1. The van der Waals surface area contributed by atoms with Gasteiger partial charge in [0, 0.05) is 6.42 Å². The second-order valence-corrected chi connectivity index (χ2v) is 3.62. The van der Waals surface area contributed by atoms with Gasteiger partial charge in [-0.3, -0.25) is 0 Å². The highest BCUT2D eigenvalue weighted by Gasteiger charge is 2.42. The molecule has 0 aromatic rings. The number of nitrogens with one attached hydrogen (secondary N) is 1. The number of hydrogen-bond donors (Lipinski definition) is 3. The highest BCUT2D eigenvalue weighted by molar-refractivity contribution is 4.95. The van der Waals surface area contributed by atoms with Crippen LogP contribution < -0.4 is 5.32 Å². The lowest BCUT2D eigenvalue weighted by Gasteiger charge is -2.43. The van der Waals surface area contributed by atoms with Gasteiger partial charge in [0.1, 0.15) is 0 Å². The molecule has 0 bridgehead atoms. The number of likely N-dealkylation sites (N-methyl/N-ethyl adjacent to an activating group) is 1. The minimum atomic E-state index is -0.897. The first-order valence-electron chi connectivity index (χ1n) is 4.20. The number of aliphatic hydroxyl groups excluding tert-OH is 1. The zero-order chi connectivity index (χ0) is 9.35. The lowest BCUT2D eigenvalue weighted by atomic mass is 9.87. The standard InChI is InChI=1S/C8H17NO3/c1-5-7(9-3)8(2,11)4-6(10)12-5/h5-7,9-11H,4H2,1-3H3/t5-,6+,7+,8-/m0/s1. The lowest BCUT2D eigenvalue weighted by molar-refractivity contribution is -0.222. The van der Waals surface area contributed by atoms with Crippen LogP contribution in [0.3, 0.4) is 0 Å². The van der Waals surface area contributed by atoms with Gasteiger partial charge in [0.15, 0.2) is 6.29 Å². The van der Waals surface area contributed by atoms with Crippen LogP contribution in [0.4, 0.5) is 0 Å². The fraction of sp³-hybridized carbons (Fsp3) is 1.00. The van der Waals surface area contributed by atoms with Crippen molar-refractivity contribution in [2.45, 2.75) is 44.3 Å². The largest absolute Gasteiger partial charge is 0.388 e. The first-order chi connectivity index (χ1) is 5.47. The molecule has 4 nitrogen and oxygen atoms in total. The molecule has 4 heteroatoms. The SMILES string of the molecule is CN[C@@H]1[C@H](C)O[C@@H](O)C[C@]1(C)O. The van der Waals surface area contributed by atoms with Gasteiger partial charge in [-0.25, -0.2) is 0 Å².